The van der Waals surface area contributed by atoms with Crippen LogP contribution in [0.15, 0.2) is 29.3 Å². The van der Waals surface area contributed by atoms with Crippen LogP contribution in [0.25, 0.3) is 0 Å². The van der Waals surface area contributed by atoms with Crippen LogP contribution in [0.1, 0.15) is 54.9 Å². The molecule has 0 saturated heterocycles. The molecule has 6 heteroatoms. The molecular formula is C20H32N4O2. The van der Waals surface area contributed by atoms with Gasteiger partial charge in [-0.1, -0.05) is 25.0 Å². The van der Waals surface area contributed by atoms with Crippen LogP contribution in [-0.2, 0) is 11.3 Å². The molecule has 0 heterocycles. The van der Waals surface area contributed by atoms with Gasteiger partial charge in [0.15, 0.2) is 5.96 Å². The van der Waals surface area contributed by atoms with Crippen molar-refractivity contribution in [2.24, 2.45) is 16.1 Å². The summed E-state index contributed by atoms with van der Waals surface area (Å²) in [6, 6.07) is 7.30. The highest BCUT2D eigenvalue weighted by atomic mass is 16.5. The maximum Gasteiger partial charge on any atom is 0.248 e. The van der Waals surface area contributed by atoms with Gasteiger partial charge < -0.3 is 21.1 Å². The first-order valence-corrected chi connectivity index (χ1v) is 9.49. The molecular weight excluding hydrogens is 328 g/mol. The summed E-state index contributed by atoms with van der Waals surface area (Å²) < 4.78 is 5.58. The predicted octanol–water partition coefficient (Wildman–Crippen LogP) is 2.44. The third-order valence-corrected chi connectivity index (χ3v) is 5.20. The number of carbonyl (C=O) groups excluding carboxylic acids is 1. The van der Waals surface area contributed by atoms with Crippen molar-refractivity contribution in [1.82, 2.24) is 10.6 Å². The zero-order valence-electron chi connectivity index (χ0n) is 16.0. The van der Waals surface area contributed by atoms with Crippen molar-refractivity contribution in [1.29, 1.82) is 0 Å². The average Bonchev–Trinajstić information content (AvgIpc) is 3.11. The van der Waals surface area contributed by atoms with E-state index in [0.29, 0.717) is 17.5 Å². The van der Waals surface area contributed by atoms with E-state index in [1.54, 1.807) is 19.2 Å². The average molecular weight is 361 g/mol. The van der Waals surface area contributed by atoms with Crippen LogP contribution in [0.5, 0.6) is 0 Å². The Labute approximate surface area is 156 Å². The molecule has 1 aliphatic carbocycles. The third-order valence-electron chi connectivity index (χ3n) is 5.20. The second kappa shape index (κ2) is 10.2. The van der Waals surface area contributed by atoms with Gasteiger partial charge in [-0.15, -0.1) is 0 Å². The molecule has 0 aromatic heterocycles. The molecule has 1 fully saturated rings. The quantitative estimate of drug-likeness (QED) is 0.358. The lowest BCUT2D eigenvalue weighted by Gasteiger charge is -2.30. The molecule has 2 rings (SSSR count). The number of primary amides is 1. The first kappa shape index (κ1) is 20.2. The number of carbonyl (C=O) groups is 1. The normalized spacial score (nSPS) is 16.5. The lowest BCUT2D eigenvalue weighted by atomic mass is 9.83. The Balaban J connectivity index is 1.83. The number of nitrogens with one attached hydrogen (secondary N) is 2. The summed E-state index contributed by atoms with van der Waals surface area (Å²) in [6.07, 6.45) is 6.19. The number of amides is 1. The van der Waals surface area contributed by atoms with E-state index in [2.05, 4.69) is 15.6 Å². The number of guanidine groups is 1. The van der Waals surface area contributed by atoms with Gasteiger partial charge in [0, 0.05) is 38.9 Å². The third kappa shape index (κ3) is 6.02. The Morgan fingerprint density at radius 1 is 1.23 bits per heavy atom. The first-order chi connectivity index (χ1) is 12.6. The molecule has 1 aliphatic rings. The van der Waals surface area contributed by atoms with E-state index in [1.165, 1.54) is 25.7 Å². The van der Waals surface area contributed by atoms with E-state index in [4.69, 9.17) is 10.5 Å². The number of hydrogen-bond donors (Lipinski definition) is 3. The molecule has 1 aromatic carbocycles. The van der Waals surface area contributed by atoms with Gasteiger partial charge in [0.25, 0.3) is 0 Å². The highest BCUT2D eigenvalue weighted by Gasteiger charge is 2.33. The Hall–Kier alpha value is -2.08. The summed E-state index contributed by atoms with van der Waals surface area (Å²) in [5.74, 6) is 0.391. The minimum absolute atomic E-state index is 0.315. The number of nitrogens with two attached hydrogens (primary N) is 1. The van der Waals surface area contributed by atoms with Gasteiger partial charge in [0.1, 0.15) is 0 Å². The standard InChI is InChI=1S/C20H32N4O2/c1-3-26-13-12-20(10-4-5-11-20)15-24-19(22-2)23-14-16-6-8-17(9-7-16)18(21)25/h6-9H,3-5,10-15H2,1-2H3,(H2,21,25)(H2,22,23,24). The highest BCUT2D eigenvalue weighted by Crippen LogP contribution is 2.40. The molecule has 1 amide bonds. The van der Waals surface area contributed by atoms with E-state index in [1.807, 2.05) is 19.1 Å². The molecule has 0 spiro atoms. The minimum Gasteiger partial charge on any atom is -0.382 e. The molecule has 0 radical (unpaired) electrons. The van der Waals surface area contributed by atoms with Gasteiger partial charge >= 0.3 is 0 Å². The highest BCUT2D eigenvalue weighted by molar-refractivity contribution is 5.92. The summed E-state index contributed by atoms with van der Waals surface area (Å²) >= 11 is 0. The molecule has 144 valence electrons. The van der Waals surface area contributed by atoms with Crippen molar-refractivity contribution >= 4 is 11.9 Å². The fourth-order valence-corrected chi connectivity index (χ4v) is 3.54. The van der Waals surface area contributed by atoms with Gasteiger partial charge in [-0.05, 0) is 49.3 Å². The first-order valence-electron chi connectivity index (χ1n) is 9.49. The minimum atomic E-state index is -0.407. The lowest BCUT2D eigenvalue weighted by Crippen LogP contribution is -2.43. The Kier molecular flexibility index (Phi) is 7.91. The zero-order chi connectivity index (χ0) is 18.8. The lowest BCUT2D eigenvalue weighted by molar-refractivity contribution is 0.1000. The van der Waals surface area contributed by atoms with Crippen LogP contribution in [0, 0.1) is 5.41 Å². The van der Waals surface area contributed by atoms with Crippen molar-refractivity contribution in [3.63, 3.8) is 0 Å². The van der Waals surface area contributed by atoms with Crippen LogP contribution in [0.3, 0.4) is 0 Å². The SMILES string of the molecule is CCOCCC1(CNC(=NC)NCc2ccc(C(N)=O)cc2)CCCC1. The van der Waals surface area contributed by atoms with Crippen molar-refractivity contribution in [2.75, 3.05) is 26.8 Å². The molecule has 26 heavy (non-hydrogen) atoms. The molecule has 6 nitrogen and oxygen atoms in total. The topological polar surface area (TPSA) is 88.7 Å². The number of nitrogens with zero attached hydrogens (tertiary/aromatic N) is 1. The number of aliphatic imine (C=N–C) groups is 1. The Morgan fingerprint density at radius 3 is 2.50 bits per heavy atom. The van der Waals surface area contributed by atoms with Gasteiger partial charge in [-0.3, -0.25) is 9.79 Å². The van der Waals surface area contributed by atoms with E-state index in [0.717, 1.165) is 37.7 Å². The molecule has 0 atom stereocenters. The van der Waals surface area contributed by atoms with Crippen LogP contribution in [0.2, 0.25) is 0 Å². The maximum absolute atomic E-state index is 11.1. The fourth-order valence-electron chi connectivity index (χ4n) is 3.54. The maximum atomic E-state index is 11.1. The van der Waals surface area contributed by atoms with Gasteiger partial charge in [-0.25, -0.2) is 0 Å². The Bertz CT molecular complexity index is 592. The molecule has 4 N–H and O–H groups in total. The van der Waals surface area contributed by atoms with Crippen molar-refractivity contribution in [2.45, 2.75) is 45.6 Å². The van der Waals surface area contributed by atoms with Gasteiger partial charge in [-0.2, -0.15) is 0 Å². The number of hydrogen-bond acceptors (Lipinski definition) is 3. The predicted molar refractivity (Wildman–Crippen MR) is 105 cm³/mol. The smallest absolute Gasteiger partial charge is 0.248 e. The second-order valence-corrected chi connectivity index (χ2v) is 6.99. The van der Waals surface area contributed by atoms with Crippen LogP contribution in [-0.4, -0.2) is 38.7 Å². The second-order valence-electron chi connectivity index (χ2n) is 6.99. The fraction of sp³-hybridized carbons (Fsp3) is 0.600. The molecule has 0 bridgehead atoms. The molecule has 0 aliphatic heterocycles. The number of rotatable bonds is 9. The van der Waals surface area contributed by atoms with E-state index >= 15 is 0 Å². The zero-order valence-corrected chi connectivity index (χ0v) is 16.0. The summed E-state index contributed by atoms with van der Waals surface area (Å²) in [6.45, 7) is 5.21. The van der Waals surface area contributed by atoms with E-state index in [-0.39, 0.29) is 0 Å². The van der Waals surface area contributed by atoms with Crippen LogP contribution in [0.4, 0.5) is 0 Å². The van der Waals surface area contributed by atoms with E-state index < -0.39 is 5.91 Å². The monoisotopic (exact) mass is 360 g/mol. The molecule has 0 unspecified atom stereocenters. The van der Waals surface area contributed by atoms with Crippen molar-refractivity contribution < 1.29 is 9.53 Å². The summed E-state index contributed by atoms with van der Waals surface area (Å²) in [4.78, 5) is 15.5. The number of ether oxygens (including phenoxy) is 1. The Morgan fingerprint density at radius 2 is 1.92 bits per heavy atom. The summed E-state index contributed by atoms with van der Waals surface area (Å²) in [7, 11) is 1.78. The van der Waals surface area contributed by atoms with Crippen LogP contribution >= 0.6 is 0 Å². The number of benzene rings is 1. The molecule has 1 saturated carbocycles. The van der Waals surface area contributed by atoms with Crippen LogP contribution < -0.4 is 16.4 Å². The van der Waals surface area contributed by atoms with Crippen molar-refractivity contribution in [3.8, 4) is 0 Å². The largest absolute Gasteiger partial charge is 0.382 e. The van der Waals surface area contributed by atoms with Gasteiger partial charge in [0.05, 0.1) is 0 Å². The van der Waals surface area contributed by atoms with Crippen molar-refractivity contribution in [3.05, 3.63) is 35.4 Å². The summed E-state index contributed by atoms with van der Waals surface area (Å²) in [5.41, 5.74) is 7.18. The molecule has 1 aromatic rings. The van der Waals surface area contributed by atoms with E-state index in [9.17, 15) is 4.79 Å². The van der Waals surface area contributed by atoms with Gasteiger partial charge in [0.2, 0.25) is 5.91 Å². The summed E-state index contributed by atoms with van der Waals surface area (Å²) in [5, 5.41) is 6.82.